The molecule has 1 fully saturated rings. The highest BCUT2D eigenvalue weighted by atomic mass is 16.5. The van der Waals surface area contributed by atoms with Gasteiger partial charge in [0, 0.05) is 37.5 Å². The molecule has 1 saturated heterocycles. The van der Waals surface area contributed by atoms with E-state index in [2.05, 4.69) is 27.0 Å². The number of benzene rings is 1. The van der Waals surface area contributed by atoms with Crippen molar-refractivity contribution in [2.45, 2.75) is 51.9 Å². The van der Waals surface area contributed by atoms with Gasteiger partial charge in [-0.05, 0) is 32.3 Å². The number of nitrogens with zero attached hydrogens (tertiary/aromatic N) is 4. The second-order valence-corrected chi connectivity index (χ2v) is 7.57. The lowest BCUT2D eigenvalue weighted by atomic mass is 10.2. The zero-order valence-corrected chi connectivity index (χ0v) is 16.0. The van der Waals surface area contributed by atoms with Crippen LogP contribution in [0.15, 0.2) is 36.5 Å². The Balaban J connectivity index is 1.61. The molecular formula is C21H26N4O2. The molecule has 4 rings (SSSR count). The molecule has 6 heteroatoms. The summed E-state index contributed by atoms with van der Waals surface area (Å²) in [5.41, 5.74) is 2.64. The fraction of sp³-hybridized carbons (Fsp3) is 0.476. The number of rotatable bonds is 6. The average molecular weight is 366 g/mol. The van der Waals surface area contributed by atoms with E-state index in [1.165, 1.54) is 5.56 Å². The summed E-state index contributed by atoms with van der Waals surface area (Å²) in [5, 5.41) is 0. The number of carbonyl (C=O) groups is 1. The fourth-order valence-corrected chi connectivity index (χ4v) is 3.71. The first-order chi connectivity index (χ1) is 13.1. The first-order valence-corrected chi connectivity index (χ1v) is 9.69. The first kappa shape index (κ1) is 17.9. The Morgan fingerprint density at radius 3 is 2.81 bits per heavy atom. The highest BCUT2D eigenvalue weighted by molar-refractivity contribution is 5.96. The Labute approximate surface area is 160 Å². The molecule has 1 aromatic heterocycles. The van der Waals surface area contributed by atoms with Crippen LogP contribution in [-0.4, -0.2) is 46.1 Å². The Hall–Kier alpha value is -2.47. The molecule has 6 nitrogen and oxygen atoms in total. The summed E-state index contributed by atoms with van der Waals surface area (Å²) in [6.45, 7) is 6.89. The molecule has 0 spiro atoms. The summed E-state index contributed by atoms with van der Waals surface area (Å²) in [6, 6.07) is 10.4. The molecule has 1 unspecified atom stereocenters. The molecule has 0 radical (unpaired) electrons. The van der Waals surface area contributed by atoms with Gasteiger partial charge in [-0.2, -0.15) is 0 Å². The van der Waals surface area contributed by atoms with Crippen LogP contribution < -0.4 is 4.90 Å². The van der Waals surface area contributed by atoms with Gasteiger partial charge >= 0.3 is 0 Å². The Kier molecular flexibility index (Phi) is 5.07. The quantitative estimate of drug-likeness (QED) is 0.786. The van der Waals surface area contributed by atoms with Crippen molar-refractivity contribution in [3.05, 3.63) is 53.3 Å². The highest BCUT2D eigenvalue weighted by Gasteiger charge is 2.32. The molecule has 2 aromatic rings. The normalized spacial score (nSPS) is 19.0. The number of anilines is 1. The number of fused-ring (bicyclic) bond motifs is 1. The maximum Gasteiger partial charge on any atom is 0.273 e. The zero-order valence-electron chi connectivity index (χ0n) is 16.0. The number of hydrogen-bond donors (Lipinski definition) is 0. The maximum atomic E-state index is 12.7. The predicted octanol–water partition coefficient (Wildman–Crippen LogP) is 3.03. The van der Waals surface area contributed by atoms with Crippen molar-refractivity contribution >= 4 is 11.9 Å². The Morgan fingerprint density at radius 2 is 2.11 bits per heavy atom. The number of aromatic nitrogens is 2. The van der Waals surface area contributed by atoms with Crippen LogP contribution in [0.5, 0.6) is 0 Å². The SMILES string of the molecule is CC(C)N1Cc2cnc(N(Cc3ccccc3)CC3CCCO3)nc2C1=O. The van der Waals surface area contributed by atoms with Crippen molar-refractivity contribution in [2.75, 3.05) is 18.1 Å². The number of ether oxygens (including phenoxy) is 1. The van der Waals surface area contributed by atoms with Gasteiger partial charge in [0.2, 0.25) is 5.95 Å². The van der Waals surface area contributed by atoms with Gasteiger partial charge in [-0.3, -0.25) is 4.79 Å². The van der Waals surface area contributed by atoms with Crippen LogP contribution in [0.3, 0.4) is 0 Å². The second kappa shape index (κ2) is 7.64. The van der Waals surface area contributed by atoms with Crippen molar-refractivity contribution in [3.63, 3.8) is 0 Å². The molecule has 0 bridgehead atoms. The van der Waals surface area contributed by atoms with Crippen molar-refractivity contribution in [1.82, 2.24) is 14.9 Å². The van der Waals surface area contributed by atoms with Crippen LogP contribution in [0.4, 0.5) is 5.95 Å². The van der Waals surface area contributed by atoms with Gasteiger partial charge in [0.05, 0.1) is 12.6 Å². The van der Waals surface area contributed by atoms with E-state index < -0.39 is 0 Å². The molecule has 2 aliphatic rings. The minimum absolute atomic E-state index is 0.000396. The molecule has 1 atom stereocenters. The van der Waals surface area contributed by atoms with Crippen LogP contribution in [0.25, 0.3) is 0 Å². The fourth-order valence-electron chi connectivity index (χ4n) is 3.71. The van der Waals surface area contributed by atoms with Gasteiger partial charge in [0.25, 0.3) is 5.91 Å². The van der Waals surface area contributed by atoms with Crippen LogP contribution in [0.1, 0.15) is 48.3 Å². The minimum atomic E-state index is 0.000396. The summed E-state index contributed by atoms with van der Waals surface area (Å²) in [4.78, 5) is 26.0. The Bertz CT molecular complexity index is 803. The molecule has 3 heterocycles. The van der Waals surface area contributed by atoms with Gasteiger partial charge in [0.15, 0.2) is 0 Å². The molecule has 27 heavy (non-hydrogen) atoms. The summed E-state index contributed by atoms with van der Waals surface area (Å²) < 4.78 is 5.83. The van der Waals surface area contributed by atoms with Gasteiger partial charge < -0.3 is 14.5 Å². The van der Waals surface area contributed by atoms with E-state index in [0.717, 1.165) is 31.6 Å². The zero-order chi connectivity index (χ0) is 18.8. The van der Waals surface area contributed by atoms with E-state index in [1.54, 1.807) is 0 Å². The molecule has 2 aliphatic heterocycles. The van der Waals surface area contributed by atoms with Crippen LogP contribution in [0.2, 0.25) is 0 Å². The van der Waals surface area contributed by atoms with Gasteiger partial charge in [-0.1, -0.05) is 30.3 Å². The summed E-state index contributed by atoms with van der Waals surface area (Å²) in [7, 11) is 0. The van der Waals surface area contributed by atoms with Crippen molar-refractivity contribution < 1.29 is 9.53 Å². The highest BCUT2D eigenvalue weighted by Crippen LogP contribution is 2.25. The third-order valence-electron chi connectivity index (χ3n) is 5.23. The molecule has 0 saturated carbocycles. The average Bonchev–Trinajstić information content (AvgIpc) is 3.30. The van der Waals surface area contributed by atoms with Crippen molar-refractivity contribution in [2.24, 2.45) is 0 Å². The third kappa shape index (κ3) is 3.81. The molecule has 142 valence electrons. The van der Waals surface area contributed by atoms with Crippen LogP contribution in [0, 0.1) is 0 Å². The Morgan fingerprint density at radius 1 is 1.30 bits per heavy atom. The summed E-state index contributed by atoms with van der Waals surface area (Å²) >= 11 is 0. The molecule has 1 aromatic carbocycles. The first-order valence-electron chi connectivity index (χ1n) is 9.69. The topological polar surface area (TPSA) is 58.6 Å². The molecule has 0 N–H and O–H groups in total. The standard InChI is InChI=1S/C21H26N4O2/c1-15(2)25-13-17-11-22-21(23-19(17)20(25)26)24(14-18-9-6-10-27-18)12-16-7-4-3-5-8-16/h3-5,7-8,11,15,18H,6,9-10,12-14H2,1-2H3. The molecular weight excluding hydrogens is 340 g/mol. The van der Waals surface area contributed by atoms with E-state index in [0.29, 0.717) is 24.7 Å². The third-order valence-corrected chi connectivity index (χ3v) is 5.23. The van der Waals surface area contributed by atoms with E-state index in [9.17, 15) is 4.79 Å². The number of carbonyl (C=O) groups excluding carboxylic acids is 1. The van der Waals surface area contributed by atoms with Gasteiger partial charge in [-0.25, -0.2) is 9.97 Å². The van der Waals surface area contributed by atoms with Crippen LogP contribution >= 0.6 is 0 Å². The molecule has 1 amide bonds. The predicted molar refractivity (Wildman–Crippen MR) is 104 cm³/mol. The maximum absolute atomic E-state index is 12.7. The number of hydrogen-bond acceptors (Lipinski definition) is 5. The lowest BCUT2D eigenvalue weighted by molar-refractivity contribution is 0.0726. The monoisotopic (exact) mass is 366 g/mol. The van der Waals surface area contributed by atoms with E-state index >= 15 is 0 Å². The van der Waals surface area contributed by atoms with Crippen molar-refractivity contribution in [1.29, 1.82) is 0 Å². The summed E-state index contributed by atoms with van der Waals surface area (Å²) in [6.07, 6.45) is 4.15. The van der Waals surface area contributed by atoms with E-state index in [1.807, 2.05) is 43.1 Å². The number of amides is 1. The minimum Gasteiger partial charge on any atom is -0.376 e. The van der Waals surface area contributed by atoms with E-state index in [4.69, 9.17) is 4.74 Å². The summed E-state index contributed by atoms with van der Waals surface area (Å²) in [5.74, 6) is 0.604. The van der Waals surface area contributed by atoms with Crippen molar-refractivity contribution in [3.8, 4) is 0 Å². The van der Waals surface area contributed by atoms with Gasteiger partial charge in [0.1, 0.15) is 5.69 Å². The lowest BCUT2D eigenvalue weighted by Gasteiger charge is -2.25. The second-order valence-electron chi connectivity index (χ2n) is 7.57. The largest absolute Gasteiger partial charge is 0.376 e. The smallest absolute Gasteiger partial charge is 0.273 e. The molecule has 0 aliphatic carbocycles. The van der Waals surface area contributed by atoms with E-state index in [-0.39, 0.29) is 18.1 Å². The lowest BCUT2D eigenvalue weighted by Crippen LogP contribution is -2.34. The van der Waals surface area contributed by atoms with Gasteiger partial charge in [-0.15, -0.1) is 0 Å². The van der Waals surface area contributed by atoms with Crippen LogP contribution in [-0.2, 0) is 17.8 Å².